The van der Waals surface area contributed by atoms with Gasteiger partial charge in [0, 0.05) is 26.2 Å². The number of fused-ring (bicyclic) bond motifs is 1. The molecule has 131 valence electrons. The maximum Gasteiger partial charge on any atom is 0 e. The van der Waals surface area contributed by atoms with Crippen LogP contribution in [0, 0.1) is 12.8 Å². The van der Waals surface area contributed by atoms with Gasteiger partial charge in [-0.25, -0.2) is 0 Å². The van der Waals surface area contributed by atoms with Crippen LogP contribution in [-0.2, 0) is 32.6 Å². The summed E-state index contributed by atoms with van der Waals surface area (Å²) in [5.41, 5.74) is 6.66. The van der Waals surface area contributed by atoms with Gasteiger partial charge in [-0.2, -0.15) is 0 Å². The van der Waals surface area contributed by atoms with Crippen LogP contribution in [0.3, 0.4) is 0 Å². The Bertz CT molecular complexity index is 910. The molecule has 2 aromatic carbocycles. The van der Waals surface area contributed by atoms with E-state index in [1.54, 1.807) is 0 Å². The van der Waals surface area contributed by atoms with E-state index < -0.39 is 0 Å². The molecule has 0 N–H and O–H groups in total. The summed E-state index contributed by atoms with van der Waals surface area (Å²) in [6, 6.07) is 13.6. The van der Waals surface area contributed by atoms with Crippen LogP contribution in [0.25, 0.3) is 23.3 Å². The zero-order chi connectivity index (χ0) is 17.2. The van der Waals surface area contributed by atoms with Gasteiger partial charge < -0.3 is 0 Å². The van der Waals surface area contributed by atoms with Crippen LogP contribution in [-0.4, -0.2) is 0 Å². The first-order chi connectivity index (χ1) is 12.2. The second kappa shape index (κ2) is 8.66. The fraction of sp³-hybridized carbons (Fsp3) is 0.360. The molecule has 0 saturated heterocycles. The second-order valence-electron chi connectivity index (χ2n) is 7.56. The fourth-order valence-corrected chi connectivity index (χ4v) is 4.20. The van der Waals surface area contributed by atoms with Gasteiger partial charge >= 0.3 is 0 Å². The number of hydrogen-bond donors (Lipinski definition) is 0. The Hall–Kier alpha value is -1.20. The summed E-state index contributed by atoms with van der Waals surface area (Å²) in [7, 11) is 0. The SMILES string of the molecule is CCc1ccc(-c2ccc(C)c3c2=CC(=CC2CCCCC2)[C]=3)cc1.[Zr]. The zero-order valence-corrected chi connectivity index (χ0v) is 18.4. The molecule has 1 radical (unpaired) electrons. The predicted octanol–water partition coefficient (Wildman–Crippen LogP) is 5.18. The fourth-order valence-electron chi connectivity index (χ4n) is 4.20. The first-order valence-corrected chi connectivity index (χ1v) is 9.81. The summed E-state index contributed by atoms with van der Waals surface area (Å²) < 4.78 is 0. The molecule has 0 nitrogen and oxygen atoms in total. The largest absolute Gasteiger partial charge is 0.0735 e. The summed E-state index contributed by atoms with van der Waals surface area (Å²) >= 11 is 0. The smallest absolute Gasteiger partial charge is 0 e. The summed E-state index contributed by atoms with van der Waals surface area (Å²) in [6.45, 7) is 4.41. The molecule has 0 atom stereocenters. The van der Waals surface area contributed by atoms with Crippen LogP contribution >= 0.6 is 0 Å². The molecule has 1 saturated carbocycles. The van der Waals surface area contributed by atoms with E-state index in [-0.39, 0.29) is 26.2 Å². The van der Waals surface area contributed by atoms with Crippen molar-refractivity contribution in [1.82, 2.24) is 0 Å². The second-order valence-corrected chi connectivity index (χ2v) is 7.56. The number of aryl methyl sites for hydroxylation is 2. The third kappa shape index (κ3) is 4.04. The van der Waals surface area contributed by atoms with Gasteiger partial charge in [0.15, 0.2) is 0 Å². The Morgan fingerprint density at radius 1 is 1.00 bits per heavy atom. The first-order valence-electron chi connectivity index (χ1n) is 9.81. The van der Waals surface area contributed by atoms with Crippen molar-refractivity contribution in [3.8, 4) is 11.1 Å². The third-order valence-electron chi connectivity index (χ3n) is 5.76. The molecule has 0 heterocycles. The van der Waals surface area contributed by atoms with Crippen LogP contribution in [0.4, 0.5) is 0 Å². The van der Waals surface area contributed by atoms with Crippen molar-refractivity contribution in [2.75, 3.05) is 0 Å². The standard InChI is InChI=1S/C25H27.Zr/c1-3-19-10-12-22(13-11-19)23-14-9-18(2)24-16-21(17-25(23)24)15-20-7-5-4-6-8-20;/h9-15,17,20H,3-8H2,1-2H3;. The molecule has 26 heavy (non-hydrogen) atoms. The van der Waals surface area contributed by atoms with Gasteiger partial charge in [-0.3, -0.25) is 0 Å². The van der Waals surface area contributed by atoms with E-state index in [9.17, 15) is 0 Å². The molecule has 0 aliphatic heterocycles. The third-order valence-corrected chi connectivity index (χ3v) is 5.76. The monoisotopic (exact) mass is 417 g/mol. The molecule has 0 unspecified atom stereocenters. The predicted molar refractivity (Wildman–Crippen MR) is 108 cm³/mol. The maximum absolute atomic E-state index is 3.69. The van der Waals surface area contributed by atoms with Crippen molar-refractivity contribution in [1.29, 1.82) is 0 Å². The van der Waals surface area contributed by atoms with E-state index in [1.165, 1.54) is 70.4 Å². The minimum Gasteiger partial charge on any atom is -0.0735 e. The van der Waals surface area contributed by atoms with Crippen LogP contribution in [0.15, 0.2) is 48.0 Å². The van der Waals surface area contributed by atoms with Crippen LogP contribution in [0.1, 0.15) is 50.2 Å². The van der Waals surface area contributed by atoms with Crippen molar-refractivity contribution in [3.05, 3.63) is 69.6 Å². The van der Waals surface area contributed by atoms with Gasteiger partial charge in [-0.15, -0.1) is 0 Å². The Balaban J connectivity index is 0.00000196. The van der Waals surface area contributed by atoms with Crippen molar-refractivity contribution in [2.24, 2.45) is 5.92 Å². The minimum absolute atomic E-state index is 0. The van der Waals surface area contributed by atoms with E-state index >= 15 is 0 Å². The van der Waals surface area contributed by atoms with Gasteiger partial charge in [0.25, 0.3) is 0 Å². The summed E-state index contributed by atoms with van der Waals surface area (Å²) in [4.78, 5) is 0. The molecule has 0 bridgehead atoms. The molecule has 0 aromatic heterocycles. The van der Waals surface area contributed by atoms with E-state index in [1.807, 2.05) is 0 Å². The van der Waals surface area contributed by atoms with Gasteiger partial charge in [0.2, 0.25) is 0 Å². The number of benzene rings is 2. The molecule has 0 spiro atoms. The van der Waals surface area contributed by atoms with Crippen LogP contribution < -0.4 is 10.4 Å². The van der Waals surface area contributed by atoms with Crippen LogP contribution in [0.2, 0.25) is 0 Å². The Kier molecular flexibility index (Phi) is 6.52. The molecule has 4 rings (SSSR count). The van der Waals surface area contributed by atoms with Gasteiger partial charge in [-0.05, 0) is 82.5 Å². The number of rotatable bonds is 3. The minimum atomic E-state index is 0. The summed E-state index contributed by atoms with van der Waals surface area (Å²) in [5.74, 6) is 0.745. The zero-order valence-electron chi connectivity index (χ0n) is 15.9. The van der Waals surface area contributed by atoms with Crippen molar-refractivity contribution in [3.63, 3.8) is 0 Å². The van der Waals surface area contributed by atoms with Crippen molar-refractivity contribution in [2.45, 2.75) is 52.4 Å². The van der Waals surface area contributed by atoms with Gasteiger partial charge in [0.1, 0.15) is 0 Å². The summed E-state index contributed by atoms with van der Waals surface area (Å²) in [6.07, 6.45) is 16.5. The average molecular weight is 419 g/mol. The number of hydrogen-bond acceptors (Lipinski definition) is 0. The van der Waals surface area contributed by atoms with Crippen LogP contribution in [0.5, 0.6) is 0 Å². The molecular weight excluding hydrogens is 391 g/mol. The quantitative estimate of drug-likeness (QED) is 0.644. The van der Waals surface area contributed by atoms with E-state index in [4.69, 9.17) is 0 Å². The van der Waals surface area contributed by atoms with Crippen molar-refractivity contribution >= 4 is 12.2 Å². The molecule has 2 aromatic rings. The van der Waals surface area contributed by atoms with Crippen molar-refractivity contribution < 1.29 is 26.2 Å². The maximum atomic E-state index is 3.69. The van der Waals surface area contributed by atoms with E-state index in [0.29, 0.717) is 0 Å². The van der Waals surface area contributed by atoms with E-state index in [0.717, 1.165) is 12.3 Å². The first kappa shape index (κ1) is 19.6. The summed E-state index contributed by atoms with van der Waals surface area (Å²) in [5, 5.41) is 2.64. The molecule has 1 heteroatoms. The normalized spacial score (nSPS) is 18.0. The molecular formula is C25H27Zr. The average Bonchev–Trinajstić information content (AvgIpc) is 3.07. The van der Waals surface area contributed by atoms with Gasteiger partial charge in [0.05, 0.1) is 0 Å². The topological polar surface area (TPSA) is 0 Å². The molecule has 2 aliphatic rings. The molecule has 2 aliphatic carbocycles. The Morgan fingerprint density at radius 3 is 2.42 bits per heavy atom. The van der Waals surface area contributed by atoms with Gasteiger partial charge in [-0.1, -0.05) is 68.7 Å². The van der Waals surface area contributed by atoms with E-state index in [2.05, 4.69) is 68.5 Å². The number of allylic oxidation sites excluding steroid dienone is 2. The Morgan fingerprint density at radius 2 is 1.73 bits per heavy atom. The molecule has 1 fully saturated rings. The molecule has 0 amide bonds. The Labute approximate surface area is 176 Å².